The van der Waals surface area contributed by atoms with Crippen molar-refractivity contribution in [2.24, 2.45) is 34.5 Å². The molecule has 0 N–H and O–H groups in total. The lowest BCUT2D eigenvalue weighted by molar-refractivity contribution is 0.376. The Hall–Kier alpha value is -1.56. The van der Waals surface area contributed by atoms with Gasteiger partial charge in [0.05, 0.1) is 0 Å². The first kappa shape index (κ1) is 34.6. The maximum Gasteiger partial charge on any atom is -0.00819 e. The van der Waals surface area contributed by atoms with Crippen molar-refractivity contribution in [2.45, 2.75) is 146 Å². The van der Waals surface area contributed by atoms with Gasteiger partial charge < -0.3 is 0 Å². The van der Waals surface area contributed by atoms with Gasteiger partial charge in [-0.15, -0.1) is 0 Å². The van der Waals surface area contributed by atoms with E-state index in [1.165, 1.54) is 70.6 Å². The summed E-state index contributed by atoms with van der Waals surface area (Å²) in [6.45, 7) is 23.8. The third-order valence-electron chi connectivity index (χ3n) is 9.84. The Kier molecular flexibility index (Phi) is 14.5. The molecule has 0 aromatic rings. The molecule has 226 valence electrons. The van der Waals surface area contributed by atoms with E-state index in [4.69, 9.17) is 0 Å². The molecule has 0 bridgehead atoms. The Morgan fingerprint density at radius 2 is 1.18 bits per heavy atom. The molecular weight excluding hydrogens is 480 g/mol. The van der Waals surface area contributed by atoms with Gasteiger partial charge in [0.15, 0.2) is 0 Å². The molecule has 2 rings (SSSR count). The minimum absolute atomic E-state index is 0.338. The molecule has 0 heteroatoms. The van der Waals surface area contributed by atoms with Crippen LogP contribution in [0.2, 0.25) is 0 Å². The van der Waals surface area contributed by atoms with Gasteiger partial charge in [-0.2, -0.15) is 0 Å². The molecule has 2 aliphatic carbocycles. The summed E-state index contributed by atoms with van der Waals surface area (Å²) in [5.74, 6) is 2.60. The van der Waals surface area contributed by atoms with E-state index in [0.29, 0.717) is 28.6 Å². The quantitative estimate of drug-likeness (QED) is 0.179. The van der Waals surface area contributed by atoms with Crippen LogP contribution < -0.4 is 0 Å². The fourth-order valence-electron chi connectivity index (χ4n) is 6.91. The summed E-state index contributed by atoms with van der Waals surface area (Å²) in [5, 5.41) is 0. The minimum atomic E-state index is 0.338. The van der Waals surface area contributed by atoms with Gasteiger partial charge in [-0.1, -0.05) is 128 Å². The molecule has 0 aliphatic heterocycles. The summed E-state index contributed by atoms with van der Waals surface area (Å²) in [6.07, 6.45) is 35.0. The van der Waals surface area contributed by atoms with Crippen LogP contribution >= 0.6 is 0 Å². The molecule has 40 heavy (non-hydrogen) atoms. The molecule has 0 fully saturated rings. The first-order valence-electron chi connectivity index (χ1n) is 16.9. The Bertz CT molecular complexity index is 941. The fraction of sp³-hybridized carbons (Fsp3) is 0.700. The predicted octanol–water partition coefficient (Wildman–Crippen LogP) is 13.1. The third kappa shape index (κ3) is 12.1. The summed E-state index contributed by atoms with van der Waals surface area (Å²) in [5.41, 5.74) is 7.08. The van der Waals surface area contributed by atoms with Crippen molar-refractivity contribution in [1.29, 1.82) is 0 Å². The monoisotopic (exact) mass is 547 g/mol. The number of hydrogen-bond acceptors (Lipinski definition) is 0. The Morgan fingerprint density at radius 1 is 0.650 bits per heavy atom. The molecule has 4 unspecified atom stereocenters. The number of hydrogen-bond donors (Lipinski definition) is 0. The molecule has 0 saturated carbocycles. The van der Waals surface area contributed by atoms with Crippen molar-refractivity contribution >= 4 is 0 Å². The number of rotatable bonds is 15. The SMILES string of the molecule is CC1=C(/C=C/C(C)C/C=C/C(C)/C=C/CCC(C)CCCC(C)/C=C/C2=C(C)CCCC2(C)C)C(C)(C)CCC1. The maximum atomic E-state index is 2.49. The zero-order valence-electron chi connectivity index (χ0n) is 28.4. The van der Waals surface area contributed by atoms with Gasteiger partial charge in [0, 0.05) is 0 Å². The molecule has 2 aliphatic rings. The average molecular weight is 547 g/mol. The van der Waals surface area contributed by atoms with Crippen LogP contribution in [0, 0.1) is 34.5 Å². The smallest absolute Gasteiger partial charge is 0.00819 e. The Morgan fingerprint density at radius 3 is 1.73 bits per heavy atom. The molecule has 4 atom stereocenters. The van der Waals surface area contributed by atoms with Crippen LogP contribution in [0.15, 0.2) is 70.9 Å². The van der Waals surface area contributed by atoms with Crippen LogP contribution in [0.25, 0.3) is 0 Å². The minimum Gasteiger partial charge on any atom is -0.0879 e. The second kappa shape index (κ2) is 16.8. The Labute approximate surface area is 251 Å². The van der Waals surface area contributed by atoms with Crippen LogP contribution in [0.1, 0.15) is 146 Å². The highest BCUT2D eigenvalue weighted by atomic mass is 14.3. The van der Waals surface area contributed by atoms with Crippen molar-refractivity contribution in [3.05, 3.63) is 70.9 Å². The van der Waals surface area contributed by atoms with E-state index in [-0.39, 0.29) is 0 Å². The highest BCUT2D eigenvalue weighted by Crippen LogP contribution is 2.42. The topological polar surface area (TPSA) is 0 Å². The molecule has 0 spiro atoms. The van der Waals surface area contributed by atoms with E-state index in [1.54, 1.807) is 22.3 Å². The van der Waals surface area contributed by atoms with Crippen LogP contribution in [0.3, 0.4) is 0 Å². The van der Waals surface area contributed by atoms with Crippen molar-refractivity contribution in [3.8, 4) is 0 Å². The average Bonchev–Trinajstić information content (AvgIpc) is 2.85. The van der Waals surface area contributed by atoms with Gasteiger partial charge in [-0.25, -0.2) is 0 Å². The van der Waals surface area contributed by atoms with E-state index in [0.717, 1.165) is 12.3 Å². The van der Waals surface area contributed by atoms with Crippen molar-refractivity contribution in [2.75, 3.05) is 0 Å². The molecule has 0 aromatic carbocycles. The van der Waals surface area contributed by atoms with E-state index >= 15 is 0 Å². The van der Waals surface area contributed by atoms with Crippen LogP contribution in [0.4, 0.5) is 0 Å². The summed E-state index contributed by atoms with van der Waals surface area (Å²) >= 11 is 0. The maximum absolute atomic E-state index is 2.49. The predicted molar refractivity (Wildman–Crippen MR) is 182 cm³/mol. The zero-order chi connectivity index (χ0) is 29.8. The van der Waals surface area contributed by atoms with Crippen LogP contribution in [-0.4, -0.2) is 0 Å². The Balaban J connectivity index is 1.63. The van der Waals surface area contributed by atoms with E-state index < -0.39 is 0 Å². The van der Waals surface area contributed by atoms with E-state index in [2.05, 4.69) is 118 Å². The molecule has 0 amide bonds. The molecule has 0 aromatic heterocycles. The standard InChI is InChI=1S/C40H66/c1-31(19-13-21-33(3)25-27-37-35(5)23-15-29-39(37,7)8)17-11-12-18-32(2)20-14-22-34(4)26-28-38-36(6)24-16-30-40(38,9)10/h11,13,17,19,25-28,31-34H,12,14-16,18,20-24,29-30H2,1-10H3/b17-11+,19-13+,27-25+,28-26+. The first-order valence-corrected chi connectivity index (χ1v) is 16.9. The lowest BCUT2D eigenvalue weighted by Gasteiger charge is -2.33. The summed E-state index contributed by atoms with van der Waals surface area (Å²) in [6, 6.07) is 0. The molecule has 0 radical (unpaired) electrons. The van der Waals surface area contributed by atoms with Crippen LogP contribution in [-0.2, 0) is 0 Å². The second-order valence-electron chi connectivity index (χ2n) is 15.1. The van der Waals surface area contributed by atoms with Crippen molar-refractivity contribution in [1.82, 2.24) is 0 Å². The lowest BCUT2D eigenvalue weighted by Crippen LogP contribution is -2.19. The van der Waals surface area contributed by atoms with Gasteiger partial charge in [-0.05, 0) is 124 Å². The second-order valence-corrected chi connectivity index (χ2v) is 15.1. The lowest BCUT2D eigenvalue weighted by atomic mass is 9.72. The van der Waals surface area contributed by atoms with Gasteiger partial charge in [0.1, 0.15) is 0 Å². The van der Waals surface area contributed by atoms with Gasteiger partial charge in [0.2, 0.25) is 0 Å². The summed E-state index contributed by atoms with van der Waals surface area (Å²) in [7, 11) is 0. The highest BCUT2D eigenvalue weighted by Gasteiger charge is 2.27. The third-order valence-corrected chi connectivity index (χ3v) is 9.84. The van der Waals surface area contributed by atoms with E-state index in [9.17, 15) is 0 Å². The van der Waals surface area contributed by atoms with Crippen molar-refractivity contribution < 1.29 is 0 Å². The fourth-order valence-corrected chi connectivity index (χ4v) is 6.91. The zero-order valence-corrected chi connectivity index (χ0v) is 28.4. The summed E-state index contributed by atoms with van der Waals surface area (Å²) < 4.78 is 0. The van der Waals surface area contributed by atoms with Gasteiger partial charge in [-0.3, -0.25) is 0 Å². The first-order chi connectivity index (χ1) is 18.8. The highest BCUT2D eigenvalue weighted by molar-refractivity contribution is 5.33. The molecule has 0 heterocycles. The van der Waals surface area contributed by atoms with Crippen LogP contribution in [0.5, 0.6) is 0 Å². The van der Waals surface area contributed by atoms with E-state index in [1.807, 2.05) is 0 Å². The largest absolute Gasteiger partial charge is 0.0879 e. The van der Waals surface area contributed by atoms with Gasteiger partial charge in [0.25, 0.3) is 0 Å². The molecular formula is C40H66. The van der Waals surface area contributed by atoms with Gasteiger partial charge >= 0.3 is 0 Å². The normalized spacial score (nSPS) is 23.1. The molecule has 0 saturated heterocycles. The number of allylic oxidation sites excluding steroid dienone is 12. The summed E-state index contributed by atoms with van der Waals surface area (Å²) in [4.78, 5) is 0. The molecule has 0 nitrogen and oxygen atoms in total. The van der Waals surface area contributed by atoms with Crippen molar-refractivity contribution in [3.63, 3.8) is 0 Å².